The fourth-order valence-electron chi connectivity index (χ4n) is 10.6. The first-order valence-corrected chi connectivity index (χ1v) is 30.7. The van der Waals surface area contributed by atoms with Gasteiger partial charge in [0, 0.05) is 42.3 Å². The zero-order chi connectivity index (χ0) is 65.8. The van der Waals surface area contributed by atoms with Crippen LogP contribution in [-0.4, -0.2) is 215 Å². The Morgan fingerprint density at radius 3 is 1.40 bits per heavy atom. The average Bonchev–Trinajstić information content (AvgIpc) is 3.50. The summed E-state index contributed by atoms with van der Waals surface area (Å²) in [5.74, 6) is -9.83. The van der Waals surface area contributed by atoms with Crippen molar-refractivity contribution in [2.75, 3.05) is 48.8 Å². The Labute approximate surface area is 508 Å². The van der Waals surface area contributed by atoms with Crippen LogP contribution in [-0.2, 0) is 52.7 Å². The van der Waals surface area contributed by atoms with Gasteiger partial charge in [-0.3, -0.25) is 52.7 Å². The zero-order valence-corrected chi connectivity index (χ0v) is 55.8. The molecule has 1 aliphatic heterocycles. The van der Waals surface area contributed by atoms with Crippen LogP contribution in [0.1, 0.15) is 163 Å². The van der Waals surface area contributed by atoms with Crippen molar-refractivity contribution in [3.8, 4) is 0 Å². The van der Waals surface area contributed by atoms with E-state index >= 15 is 9.59 Å². The van der Waals surface area contributed by atoms with Gasteiger partial charge in [0.2, 0.25) is 65.0 Å². The van der Waals surface area contributed by atoms with Crippen molar-refractivity contribution in [3.05, 3.63) is 12.2 Å². The number of carbonyl (C=O) groups excluding carboxylic acids is 11. The predicted octanol–water partition coefficient (Wildman–Crippen LogP) is 3.32. The summed E-state index contributed by atoms with van der Waals surface area (Å²) >= 11 is 0. The average molecular weight is 1200 g/mol. The number of allylic oxidation sites excluding steroid dienone is 2. The van der Waals surface area contributed by atoms with Crippen LogP contribution in [0.5, 0.6) is 0 Å². The smallest absolute Gasteiger partial charge is 0.246 e. The molecule has 1 saturated heterocycles. The molecule has 1 rings (SSSR count). The normalized spacial score (nSPS) is 26.8. The highest BCUT2D eigenvalue weighted by molar-refractivity contribution is 5.99. The lowest BCUT2D eigenvalue weighted by Crippen LogP contribution is -2.63. The van der Waals surface area contributed by atoms with E-state index in [9.17, 15) is 48.3 Å². The number of nitrogens with one attached hydrogen (secondary N) is 5. The van der Waals surface area contributed by atoms with Gasteiger partial charge in [-0.25, -0.2) is 0 Å². The van der Waals surface area contributed by atoms with E-state index in [2.05, 4.69) is 26.6 Å². The third-order valence-electron chi connectivity index (χ3n) is 15.8. The third kappa shape index (κ3) is 22.6. The minimum atomic E-state index is -1.61. The van der Waals surface area contributed by atoms with E-state index in [1.165, 1.54) is 75.7 Å². The van der Waals surface area contributed by atoms with Gasteiger partial charge in [-0.05, 0) is 101 Å². The first-order chi connectivity index (χ1) is 39.3. The fraction of sp³-hybridized carbons (Fsp3) is 0.790. The zero-order valence-electron chi connectivity index (χ0n) is 55.8. The number of aliphatic hydroxyl groups excluding tert-OH is 1. The molecule has 0 bridgehead atoms. The molecule has 1 heterocycles. The van der Waals surface area contributed by atoms with Crippen LogP contribution in [0, 0.1) is 41.4 Å². The summed E-state index contributed by atoms with van der Waals surface area (Å²) in [6.45, 7) is 29.4. The second-order valence-corrected chi connectivity index (χ2v) is 26.1. The molecule has 85 heavy (non-hydrogen) atoms. The number of carbonyl (C=O) groups is 11. The van der Waals surface area contributed by atoms with E-state index in [1.807, 2.05) is 61.5 Å². The predicted molar refractivity (Wildman–Crippen MR) is 328 cm³/mol. The third-order valence-corrected chi connectivity index (χ3v) is 15.8. The van der Waals surface area contributed by atoms with Crippen LogP contribution >= 0.6 is 0 Å². The molecular weight excluding hydrogens is 1090 g/mol. The second kappa shape index (κ2) is 35.5. The van der Waals surface area contributed by atoms with E-state index < -0.39 is 156 Å². The van der Waals surface area contributed by atoms with Gasteiger partial charge in [0.25, 0.3) is 0 Å². The Bertz CT molecular complexity index is 2310. The quantitative estimate of drug-likeness (QED) is 0.121. The van der Waals surface area contributed by atoms with Crippen molar-refractivity contribution < 1.29 is 57.8 Å². The van der Waals surface area contributed by atoms with Crippen molar-refractivity contribution >= 4 is 65.0 Å². The number of amides is 11. The summed E-state index contributed by atoms with van der Waals surface area (Å²) in [5.41, 5.74) is 0. The van der Waals surface area contributed by atoms with Crippen molar-refractivity contribution in [2.45, 2.75) is 229 Å². The second-order valence-electron chi connectivity index (χ2n) is 26.1. The van der Waals surface area contributed by atoms with Crippen LogP contribution in [0.2, 0.25) is 0 Å². The first kappa shape index (κ1) is 76.9. The molecular formula is C62H111N11O12. The summed E-state index contributed by atoms with van der Waals surface area (Å²) in [7, 11) is 8.49. The van der Waals surface area contributed by atoms with Gasteiger partial charge in [0.15, 0.2) is 0 Å². The maximum atomic E-state index is 15.2. The van der Waals surface area contributed by atoms with Gasteiger partial charge in [-0.15, -0.1) is 0 Å². The van der Waals surface area contributed by atoms with Crippen molar-refractivity contribution in [2.24, 2.45) is 41.4 Å². The minimum Gasteiger partial charge on any atom is -0.390 e. The Morgan fingerprint density at radius 2 is 0.929 bits per heavy atom. The lowest BCUT2D eigenvalue weighted by atomic mass is 9.91. The highest BCUT2D eigenvalue weighted by atomic mass is 16.3. The molecule has 23 heteroatoms. The highest BCUT2D eigenvalue weighted by Crippen LogP contribution is 2.25. The number of nitrogens with zero attached hydrogens (tertiary/aromatic N) is 6. The maximum Gasteiger partial charge on any atom is 0.246 e. The Kier molecular flexibility index (Phi) is 32.1. The molecule has 0 saturated carbocycles. The van der Waals surface area contributed by atoms with Crippen molar-refractivity contribution in [1.29, 1.82) is 0 Å². The monoisotopic (exact) mass is 1200 g/mol. The number of likely N-dealkylation sites (N-methyl/N-ethyl adjacent to an activating group) is 6. The van der Waals surface area contributed by atoms with Crippen LogP contribution in [0.3, 0.4) is 0 Å². The Hall–Kier alpha value is -6.13. The Morgan fingerprint density at radius 1 is 0.471 bits per heavy atom. The molecule has 1 fully saturated rings. The van der Waals surface area contributed by atoms with Crippen LogP contribution < -0.4 is 26.6 Å². The number of rotatable bonds is 16. The van der Waals surface area contributed by atoms with Gasteiger partial charge < -0.3 is 61.1 Å². The number of hydrogen-bond acceptors (Lipinski definition) is 12. The number of hydrogen-bond donors (Lipinski definition) is 6. The molecule has 486 valence electrons. The molecule has 0 radical (unpaired) electrons. The summed E-state index contributed by atoms with van der Waals surface area (Å²) in [6, 6.07) is -12.4. The molecule has 12 atom stereocenters. The summed E-state index contributed by atoms with van der Waals surface area (Å²) < 4.78 is 0. The van der Waals surface area contributed by atoms with E-state index in [0.717, 1.165) is 9.80 Å². The summed E-state index contributed by atoms with van der Waals surface area (Å²) in [4.78, 5) is 167. The molecule has 0 aliphatic carbocycles. The SMILES string of the molecule is CC=CCC(C)C(O)C1C(=O)NC(CCC)C(=O)N(C)CC(=O)N(C)C(CC(C)C)C(=O)NC(C(C)C)C(=O)NC(CC(C)C)C(=O)NC(C)C(=O)NC(C)C(=O)N(C)C(CC(C)C)C(=O)N(C)C(CC(C)C)C(=O)N(C)C(C(C)C)C(=O)N1C. The van der Waals surface area contributed by atoms with Crippen LogP contribution in [0.25, 0.3) is 0 Å². The lowest BCUT2D eigenvalue weighted by Gasteiger charge is -2.41. The van der Waals surface area contributed by atoms with Crippen molar-refractivity contribution in [3.63, 3.8) is 0 Å². The molecule has 0 aromatic carbocycles. The molecule has 6 N–H and O–H groups in total. The molecule has 0 aromatic rings. The molecule has 0 aromatic heterocycles. The first-order valence-electron chi connectivity index (χ1n) is 30.7. The van der Waals surface area contributed by atoms with Gasteiger partial charge in [0.05, 0.1) is 12.6 Å². The molecule has 1 aliphatic rings. The number of aliphatic hydroxyl groups is 1. The van der Waals surface area contributed by atoms with E-state index in [1.54, 1.807) is 54.5 Å². The lowest BCUT2D eigenvalue weighted by molar-refractivity contribution is -0.157. The summed E-state index contributed by atoms with van der Waals surface area (Å²) in [6.07, 6.45) is 3.48. The summed E-state index contributed by atoms with van der Waals surface area (Å²) in [5, 5.41) is 25.8. The maximum absolute atomic E-state index is 15.2. The largest absolute Gasteiger partial charge is 0.390 e. The topological polar surface area (TPSA) is 288 Å². The van der Waals surface area contributed by atoms with Gasteiger partial charge in [-0.2, -0.15) is 0 Å². The van der Waals surface area contributed by atoms with Crippen LogP contribution in [0.15, 0.2) is 12.2 Å². The van der Waals surface area contributed by atoms with E-state index in [-0.39, 0.29) is 55.8 Å². The minimum absolute atomic E-state index is 0.0919. The van der Waals surface area contributed by atoms with E-state index in [4.69, 9.17) is 0 Å². The molecule has 0 spiro atoms. The standard InChI is InChI=1S/C62H111N11O12/c1-24-26-28-40(15)52(75)51-57(80)65-43(27-25-2)59(82)68(18)33-48(74)69(19)45(30-35(5)6)55(78)67-49(38(11)12)56(79)66-44(29-34(3)4)54(77)63-41(16)53(76)64-42(17)58(81)70(20)46(31-36(7)8)60(83)71(21)47(32-37(9)10)61(84)72(22)50(39(13)14)62(85)73(51)23/h24,26,34-47,49-52,75H,25,27-33H2,1-23H3,(H,63,77)(H,64,76)(H,65,80)(H,66,79)(H,67,78). The van der Waals surface area contributed by atoms with Crippen molar-refractivity contribution in [1.82, 2.24) is 56.0 Å². The van der Waals surface area contributed by atoms with Gasteiger partial charge >= 0.3 is 0 Å². The molecule has 11 amide bonds. The fourth-order valence-corrected chi connectivity index (χ4v) is 10.6. The molecule has 12 unspecified atom stereocenters. The van der Waals surface area contributed by atoms with E-state index in [0.29, 0.717) is 12.8 Å². The van der Waals surface area contributed by atoms with Crippen LogP contribution in [0.4, 0.5) is 0 Å². The van der Waals surface area contributed by atoms with Gasteiger partial charge in [0.1, 0.15) is 60.4 Å². The van der Waals surface area contributed by atoms with Gasteiger partial charge in [-0.1, -0.05) is 116 Å². The highest BCUT2D eigenvalue weighted by Gasteiger charge is 2.45. The Balaban J connectivity index is 4.31. The molecule has 23 nitrogen and oxygen atoms in total.